The Kier molecular flexibility index (Phi) is 26.0. The van der Waals surface area contributed by atoms with E-state index in [0.29, 0.717) is 87.9 Å². The molecule has 550 valence electrons. The number of fused-ring (bicyclic) bond motifs is 4. The van der Waals surface area contributed by atoms with Gasteiger partial charge in [0.05, 0.1) is 87.6 Å². The number of pyridine rings is 4. The van der Waals surface area contributed by atoms with Gasteiger partial charge in [-0.15, -0.1) is 0 Å². The summed E-state index contributed by atoms with van der Waals surface area (Å²) >= 11 is 23.9. The second-order valence-electron chi connectivity index (χ2n) is 24.5. The highest BCUT2D eigenvalue weighted by Gasteiger charge is 2.26. The fourth-order valence-corrected chi connectivity index (χ4v) is 16.2. The van der Waals surface area contributed by atoms with E-state index in [1.165, 1.54) is 36.4 Å². The Balaban J connectivity index is 0.000000162. The number of nitrogens with one attached hydrogen (secondary N) is 4. The van der Waals surface area contributed by atoms with E-state index in [1.807, 2.05) is 137 Å². The minimum Gasteiger partial charge on any atom is -0.304 e. The Morgan fingerprint density at radius 3 is 1.03 bits per heavy atom. The summed E-state index contributed by atoms with van der Waals surface area (Å²) < 4.78 is 178. The zero-order valence-electron chi connectivity index (χ0n) is 57.1. The molecule has 0 radical (unpaired) electrons. The summed E-state index contributed by atoms with van der Waals surface area (Å²) in [6, 6.07) is 47.3. The first-order valence-electron chi connectivity index (χ1n) is 31.2. The number of aromatic nitrogens is 4. The monoisotopic (exact) mass is 1590 g/mol. The first kappa shape index (κ1) is 80.2. The predicted molar refractivity (Wildman–Crippen MR) is 405 cm³/mol. The van der Waals surface area contributed by atoms with Gasteiger partial charge in [0.25, 0.3) is 40.1 Å². The van der Waals surface area contributed by atoms with E-state index in [4.69, 9.17) is 46.4 Å². The number of para-hydroxylation sites is 4. The summed E-state index contributed by atoms with van der Waals surface area (Å²) in [5.41, 5.74) is 6.35. The summed E-state index contributed by atoms with van der Waals surface area (Å²) in [5.74, 6) is -6.64. The Labute approximate surface area is 624 Å². The minimum absolute atomic E-state index is 0.0110. The minimum atomic E-state index is -4.49. The summed E-state index contributed by atoms with van der Waals surface area (Å²) in [7, 11) is -1.04. The van der Waals surface area contributed by atoms with Gasteiger partial charge in [0.2, 0.25) is 0 Å². The van der Waals surface area contributed by atoms with Gasteiger partial charge in [0, 0.05) is 64.9 Å². The highest BCUT2D eigenvalue weighted by molar-refractivity contribution is 7.93. The van der Waals surface area contributed by atoms with Crippen LogP contribution in [-0.4, -0.2) is 130 Å². The van der Waals surface area contributed by atoms with Crippen molar-refractivity contribution in [2.24, 2.45) is 0 Å². The van der Waals surface area contributed by atoms with E-state index < -0.39 is 74.1 Å². The molecule has 4 heterocycles. The fourth-order valence-electron chi connectivity index (χ4n) is 10.3. The fraction of sp³-hybridized carbons (Fsp3) is 0.167. The van der Waals surface area contributed by atoms with Crippen LogP contribution in [0, 0.1) is 29.1 Å². The molecule has 4 N–H and O–H groups in total. The molecule has 0 atom stereocenters. The Morgan fingerprint density at radius 2 is 0.657 bits per heavy atom. The Morgan fingerprint density at radius 1 is 0.314 bits per heavy atom. The van der Waals surface area contributed by atoms with Gasteiger partial charge >= 0.3 is 0 Å². The van der Waals surface area contributed by atoms with Crippen LogP contribution in [0.1, 0.15) is 22.8 Å². The molecule has 0 aliphatic rings. The molecule has 105 heavy (non-hydrogen) atoms. The van der Waals surface area contributed by atoms with Crippen LogP contribution in [-0.2, 0) is 66.3 Å². The third-order valence-electron chi connectivity index (χ3n) is 14.9. The van der Waals surface area contributed by atoms with E-state index >= 15 is 0 Å². The molecule has 0 saturated carbocycles. The SMILES string of the molecule is CN(C)Cc1ccc2cccc(NS(=O)(=O)c3cc(F)c(F)cc3F)c2n1.CN(C)Cc1ccc2cccc(NS(=O)(=O)c3ccc(Cl)cc3Cl)c2n1.CN(C)Cc1ccc2cccc(NS(=O)(=O)c3ccc(F)c(F)c3)c2n1.CN(C)Cc1ccc2cccc(NS(=O)(=O)c3cccc(Cl)c3Cl)c2n1. The van der Waals surface area contributed by atoms with Crippen LogP contribution in [0.25, 0.3) is 43.6 Å². The lowest BCUT2D eigenvalue weighted by molar-refractivity contribution is 0.397. The number of rotatable bonds is 20. The summed E-state index contributed by atoms with van der Waals surface area (Å²) in [6.45, 7) is 2.44. The van der Waals surface area contributed by atoms with Crippen molar-refractivity contribution in [3.63, 3.8) is 0 Å². The number of nitrogens with zero attached hydrogens (tertiary/aromatic N) is 8. The van der Waals surface area contributed by atoms with E-state index in [0.717, 1.165) is 45.4 Å². The normalized spacial score (nSPS) is 11.9. The second-order valence-corrected chi connectivity index (χ2v) is 32.8. The van der Waals surface area contributed by atoms with Gasteiger partial charge < -0.3 is 19.6 Å². The quantitative estimate of drug-likeness (QED) is 0.0409. The van der Waals surface area contributed by atoms with Crippen molar-refractivity contribution in [1.82, 2.24) is 39.5 Å². The average molecular weight is 1590 g/mol. The zero-order valence-corrected chi connectivity index (χ0v) is 63.4. The first-order chi connectivity index (χ1) is 49.5. The molecule has 0 bridgehead atoms. The molecule has 20 nitrogen and oxygen atoms in total. The van der Waals surface area contributed by atoms with E-state index in [-0.39, 0.29) is 47.2 Å². The van der Waals surface area contributed by atoms with Crippen LogP contribution in [0.2, 0.25) is 20.1 Å². The Bertz CT molecular complexity index is 5730. The van der Waals surface area contributed by atoms with Crippen LogP contribution in [0.4, 0.5) is 44.7 Å². The molecule has 0 aliphatic carbocycles. The lowest BCUT2D eigenvalue weighted by Crippen LogP contribution is -2.16. The molecule has 0 unspecified atom stereocenters. The lowest BCUT2D eigenvalue weighted by atomic mass is 10.2. The van der Waals surface area contributed by atoms with Crippen molar-refractivity contribution in [2.45, 2.75) is 45.8 Å². The van der Waals surface area contributed by atoms with Crippen LogP contribution in [0.3, 0.4) is 0 Å². The van der Waals surface area contributed by atoms with Crippen LogP contribution >= 0.6 is 46.4 Å². The average Bonchev–Trinajstić information content (AvgIpc) is 0.812. The number of halogens is 9. The topological polar surface area (TPSA) is 249 Å². The van der Waals surface area contributed by atoms with Gasteiger partial charge in [-0.3, -0.25) is 18.9 Å². The van der Waals surface area contributed by atoms with Gasteiger partial charge in [-0.25, -0.2) is 75.6 Å². The lowest BCUT2D eigenvalue weighted by Gasteiger charge is -2.13. The van der Waals surface area contributed by atoms with E-state index in [9.17, 15) is 55.6 Å². The van der Waals surface area contributed by atoms with Crippen molar-refractivity contribution in [2.75, 3.05) is 75.3 Å². The second kappa shape index (κ2) is 34.1. The number of sulfonamides is 4. The molecule has 4 aromatic heterocycles. The maximum Gasteiger partial charge on any atom is 0.264 e. The molecule has 12 rings (SSSR count). The number of hydrogen-bond donors (Lipinski definition) is 4. The van der Waals surface area contributed by atoms with Crippen LogP contribution in [0.5, 0.6) is 0 Å². The largest absolute Gasteiger partial charge is 0.304 e. The molecule has 12 aromatic rings. The molecule has 33 heteroatoms. The smallest absolute Gasteiger partial charge is 0.264 e. The van der Waals surface area contributed by atoms with Crippen molar-refractivity contribution >= 4 is 153 Å². The number of anilines is 4. The molecule has 0 fully saturated rings. The molecule has 0 spiro atoms. The molecule has 0 aliphatic heterocycles. The van der Waals surface area contributed by atoms with Crippen LogP contribution < -0.4 is 18.9 Å². The Hall–Kier alpha value is -8.95. The maximum absolute atomic E-state index is 13.9. The highest BCUT2D eigenvalue weighted by Crippen LogP contribution is 2.35. The van der Waals surface area contributed by atoms with E-state index in [2.05, 4.69) is 38.8 Å². The molecular weight excluding hydrogens is 1530 g/mol. The summed E-state index contributed by atoms with van der Waals surface area (Å²) in [4.78, 5) is 24.6. The van der Waals surface area contributed by atoms with Gasteiger partial charge in [-0.2, -0.15) is 0 Å². The maximum atomic E-state index is 13.9. The molecular formula is C72H67Cl4F5N12O8S4. The van der Waals surface area contributed by atoms with Gasteiger partial charge in [0.1, 0.15) is 20.5 Å². The first-order valence-corrected chi connectivity index (χ1v) is 38.7. The van der Waals surface area contributed by atoms with Crippen molar-refractivity contribution < 1.29 is 55.6 Å². The van der Waals surface area contributed by atoms with Crippen LogP contribution in [0.15, 0.2) is 208 Å². The van der Waals surface area contributed by atoms with Crippen molar-refractivity contribution in [3.8, 4) is 0 Å². The van der Waals surface area contributed by atoms with Gasteiger partial charge in [-0.1, -0.05) is 125 Å². The van der Waals surface area contributed by atoms with E-state index in [1.54, 1.807) is 60.7 Å². The number of benzene rings is 8. The molecule has 0 saturated heterocycles. The zero-order chi connectivity index (χ0) is 76.5. The van der Waals surface area contributed by atoms with Gasteiger partial charge in [0.15, 0.2) is 23.3 Å². The third kappa shape index (κ3) is 20.8. The molecule has 0 amide bonds. The number of hydrogen-bond acceptors (Lipinski definition) is 16. The standard InChI is InChI=1S/2C18H17Cl2N3O2S.C18H16F3N3O2S.C18H17F2N3O2S/c1-23(2)11-13-10-9-12-5-3-7-15(18(12)21-13)22-26(24,25)16-8-4-6-14(19)17(16)20;1-23(2)11-14-8-6-12-4-3-5-16(18(12)21-14)22-26(24,25)17-9-7-13(19)10-15(17)20;1-24(2)10-12-7-6-11-4-3-5-16(18(11)22-12)23-27(25,26)17-9-14(20)13(19)8-15(17)21;1-23(2)11-13-7-6-12-4-3-5-17(18(12)21-13)22-26(24,25)14-8-9-15(19)16(20)10-14/h2*3-10,22H,11H2,1-2H3;3-9,23H,10H2,1-2H3;3-10,22H,11H2,1-2H3. The third-order valence-corrected chi connectivity index (χ3v) is 22.0. The summed E-state index contributed by atoms with van der Waals surface area (Å²) in [6.07, 6.45) is 0. The molecule has 8 aromatic carbocycles. The van der Waals surface area contributed by atoms with Crippen molar-refractivity contribution in [1.29, 1.82) is 0 Å². The highest BCUT2D eigenvalue weighted by atomic mass is 35.5. The van der Waals surface area contributed by atoms with Crippen molar-refractivity contribution in [3.05, 3.63) is 260 Å². The predicted octanol–water partition coefficient (Wildman–Crippen LogP) is 15.7. The summed E-state index contributed by atoms with van der Waals surface area (Å²) in [5, 5.41) is 3.71. The van der Waals surface area contributed by atoms with Gasteiger partial charge in [-0.05, 0) is 153 Å².